The van der Waals surface area contributed by atoms with Crippen LogP contribution in [0.2, 0.25) is 0 Å². The molecular formula is C22H17N3O2. The van der Waals surface area contributed by atoms with E-state index in [0.29, 0.717) is 0 Å². The fourth-order valence-corrected chi connectivity index (χ4v) is 3.57. The van der Waals surface area contributed by atoms with Gasteiger partial charge in [-0.3, -0.25) is 4.79 Å². The molecule has 0 aliphatic carbocycles. The highest BCUT2D eigenvalue weighted by Crippen LogP contribution is 2.34. The van der Waals surface area contributed by atoms with Gasteiger partial charge in [-0.1, -0.05) is 30.3 Å². The standard InChI is InChI=1S/C22H17N3O2/c26-20-10-9-16-14-23-22(25-12-11-19(24-20)21(16)25)15-5-4-8-18(13-15)27-17-6-2-1-3-7-17/h1-10,13-14H,11-12H2,(H,24,26). The number of benzene rings is 2. The normalized spacial score (nSPS) is 17.8. The average molecular weight is 355 g/mol. The maximum Gasteiger partial charge on any atom is 0.248 e. The van der Waals surface area contributed by atoms with Gasteiger partial charge in [0.25, 0.3) is 0 Å². The van der Waals surface area contributed by atoms with Crippen molar-refractivity contribution in [2.75, 3.05) is 6.54 Å². The molecule has 0 aromatic heterocycles. The van der Waals surface area contributed by atoms with Crippen molar-refractivity contribution in [1.82, 2.24) is 10.2 Å². The third-order valence-electron chi connectivity index (χ3n) is 4.76. The number of rotatable bonds is 3. The number of hydrogen-bond donors (Lipinski definition) is 1. The van der Waals surface area contributed by atoms with Gasteiger partial charge >= 0.3 is 0 Å². The van der Waals surface area contributed by atoms with Crippen LogP contribution in [0.5, 0.6) is 11.5 Å². The Morgan fingerprint density at radius 1 is 1.00 bits per heavy atom. The van der Waals surface area contributed by atoms with Gasteiger partial charge in [-0.15, -0.1) is 0 Å². The van der Waals surface area contributed by atoms with Crippen LogP contribution in [0.1, 0.15) is 12.0 Å². The zero-order chi connectivity index (χ0) is 18.2. The van der Waals surface area contributed by atoms with Crippen LogP contribution in [0, 0.1) is 0 Å². The van der Waals surface area contributed by atoms with E-state index in [0.717, 1.165) is 52.8 Å². The van der Waals surface area contributed by atoms with Crippen molar-refractivity contribution in [3.63, 3.8) is 0 Å². The summed E-state index contributed by atoms with van der Waals surface area (Å²) in [6.07, 6.45) is 6.00. The van der Waals surface area contributed by atoms with Crippen LogP contribution in [0.3, 0.4) is 0 Å². The highest BCUT2D eigenvalue weighted by atomic mass is 16.5. The summed E-state index contributed by atoms with van der Waals surface area (Å²) in [4.78, 5) is 18.7. The number of hydrogen-bond acceptors (Lipinski definition) is 4. The van der Waals surface area contributed by atoms with E-state index in [9.17, 15) is 4.79 Å². The van der Waals surface area contributed by atoms with Crippen molar-refractivity contribution >= 4 is 11.7 Å². The molecule has 132 valence electrons. The lowest BCUT2D eigenvalue weighted by molar-refractivity contribution is -0.115. The molecule has 5 rings (SSSR count). The topological polar surface area (TPSA) is 53.9 Å². The minimum absolute atomic E-state index is 0.0885. The summed E-state index contributed by atoms with van der Waals surface area (Å²) in [5.74, 6) is 2.34. The van der Waals surface area contributed by atoms with E-state index in [1.54, 1.807) is 6.08 Å². The average Bonchev–Trinajstić information content (AvgIpc) is 3.03. The highest BCUT2D eigenvalue weighted by Gasteiger charge is 2.32. The third-order valence-corrected chi connectivity index (χ3v) is 4.76. The lowest BCUT2D eigenvalue weighted by Gasteiger charge is -2.27. The molecule has 3 heterocycles. The van der Waals surface area contributed by atoms with Gasteiger partial charge in [0.1, 0.15) is 17.3 Å². The summed E-state index contributed by atoms with van der Waals surface area (Å²) in [6.45, 7) is 0.790. The number of amidine groups is 1. The molecule has 27 heavy (non-hydrogen) atoms. The van der Waals surface area contributed by atoms with Crippen molar-refractivity contribution in [3.05, 3.63) is 95.5 Å². The fraction of sp³-hybridized carbons (Fsp3) is 0.0909. The number of nitrogens with one attached hydrogen (secondary N) is 1. The summed E-state index contributed by atoms with van der Waals surface area (Å²) in [5, 5.41) is 2.98. The Hall–Kier alpha value is -3.60. The van der Waals surface area contributed by atoms with Crippen molar-refractivity contribution in [2.45, 2.75) is 6.42 Å². The van der Waals surface area contributed by atoms with Gasteiger partial charge in [0.2, 0.25) is 5.91 Å². The van der Waals surface area contributed by atoms with Crippen LogP contribution in [-0.4, -0.2) is 23.2 Å². The van der Waals surface area contributed by atoms with E-state index in [-0.39, 0.29) is 5.91 Å². The van der Waals surface area contributed by atoms with Gasteiger partial charge in [0, 0.05) is 42.1 Å². The zero-order valence-electron chi connectivity index (χ0n) is 14.6. The van der Waals surface area contributed by atoms with Gasteiger partial charge in [-0.25, -0.2) is 4.99 Å². The number of carbonyl (C=O) groups excluding carboxylic acids is 1. The van der Waals surface area contributed by atoms with Crippen LogP contribution in [0.15, 0.2) is 94.9 Å². The Kier molecular flexibility index (Phi) is 3.64. The van der Waals surface area contributed by atoms with Gasteiger partial charge in [-0.05, 0) is 30.3 Å². The number of ether oxygens (including phenoxy) is 1. The second-order valence-corrected chi connectivity index (χ2v) is 6.53. The first-order chi connectivity index (χ1) is 13.3. The van der Waals surface area contributed by atoms with Crippen molar-refractivity contribution in [3.8, 4) is 11.5 Å². The molecule has 2 aromatic carbocycles. The highest BCUT2D eigenvalue weighted by molar-refractivity contribution is 6.03. The van der Waals surface area contributed by atoms with E-state index in [4.69, 9.17) is 4.74 Å². The second kappa shape index (κ2) is 6.29. The van der Waals surface area contributed by atoms with Gasteiger partial charge in [-0.2, -0.15) is 0 Å². The van der Waals surface area contributed by atoms with Gasteiger partial charge in [0.15, 0.2) is 0 Å². The number of amides is 1. The van der Waals surface area contributed by atoms with E-state index in [1.165, 1.54) is 0 Å². The smallest absolute Gasteiger partial charge is 0.248 e. The Balaban J connectivity index is 1.50. The predicted molar refractivity (Wildman–Crippen MR) is 103 cm³/mol. The summed E-state index contributed by atoms with van der Waals surface area (Å²) in [7, 11) is 0. The Bertz CT molecular complexity index is 1050. The molecule has 2 aromatic rings. The first-order valence-electron chi connectivity index (χ1n) is 8.89. The number of aliphatic imine (C=N–C) groups is 1. The largest absolute Gasteiger partial charge is 0.457 e. The number of para-hydroxylation sites is 1. The SMILES string of the molecule is O=C1C=CC2=CN=C(c3cccc(Oc4ccccc4)c3)N3CCC(=C23)N1. The van der Waals surface area contributed by atoms with E-state index in [1.807, 2.05) is 66.9 Å². The van der Waals surface area contributed by atoms with Gasteiger partial charge < -0.3 is 15.0 Å². The van der Waals surface area contributed by atoms with Crippen molar-refractivity contribution in [1.29, 1.82) is 0 Å². The lowest BCUT2D eigenvalue weighted by atomic mass is 10.1. The monoisotopic (exact) mass is 355 g/mol. The van der Waals surface area contributed by atoms with Crippen LogP contribution in [-0.2, 0) is 4.79 Å². The summed E-state index contributed by atoms with van der Waals surface area (Å²) < 4.78 is 5.96. The maximum absolute atomic E-state index is 11.9. The first-order valence-corrected chi connectivity index (χ1v) is 8.89. The third kappa shape index (κ3) is 2.83. The molecule has 1 amide bonds. The molecule has 0 fully saturated rings. The second-order valence-electron chi connectivity index (χ2n) is 6.53. The molecule has 3 aliphatic rings. The zero-order valence-corrected chi connectivity index (χ0v) is 14.6. The van der Waals surface area contributed by atoms with Crippen molar-refractivity contribution in [2.24, 2.45) is 4.99 Å². The number of carbonyl (C=O) groups is 1. The minimum atomic E-state index is -0.0885. The Morgan fingerprint density at radius 3 is 2.74 bits per heavy atom. The molecule has 0 saturated heterocycles. The number of allylic oxidation sites excluding steroid dienone is 1. The van der Waals surface area contributed by atoms with Crippen LogP contribution in [0.25, 0.3) is 0 Å². The molecule has 0 saturated carbocycles. The number of nitrogens with zero attached hydrogens (tertiary/aromatic N) is 2. The van der Waals surface area contributed by atoms with Crippen molar-refractivity contribution < 1.29 is 9.53 Å². The molecule has 0 spiro atoms. The molecule has 0 radical (unpaired) electrons. The van der Waals surface area contributed by atoms with E-state index >= 15 is 0 Å². The minimum Gasteiger partial charge on any atom is -0.457 e. The molecule has 1 N–H and O–H groups in total. The summed E-state index contributed by atoms with van der Waals surface area (Å²) in [6, 6.07) is 17.6. The Labute approximate surface area is 157 Å². The van der Waals surface area contributed by atoms with E-state index in [2.05, 4.69) is 15.2 Å². The first kappa shape index (κ1) is 15.6. The Morgan fingerprint density at radius 2 is 1.85 bits per heavy atom. The quantitative estimate of drug-likeness (QED) is 0.913. The molecular weight excluding hydrogens is 338 g/mol. The molecule has 0 atom stereocenters. The van der Waals surface area contributed by atoms with E-state index < -0.39 is 0 Å². The molecule has 5 nitrogen and oxygen atoms in total. The molecule has 3 aliphatic heterocycles. The summed E-state index contributed by atoms with van der Waals surface area (Å²) >= 11 is 0. The summed E-state index contributed by atoms with van der Waals surface area (Å²) in [5.41, 5.74) is 3.94. The molecule has 0 unspecified atom stereocenters. The van der Waals surface area contributed by atoms with Crippen LogP contribution < -0.4 is 10.1 Å². The van der Waals surface area contributed by atoms with Crippen LogP contribution >= 0.6 is 0 Å². The van der Waals surface area contributed by atoms with Crippen LogP contribution in [0.4, 0.5) is 0 Å². The lowest BCUT2D eigenvalue weighted by Crippen LogP contribution is -2.31. The molecule has 5 heteroatoms. The van der Waals surface area contributed by atoms with Gasteiger partial charge in [0.05, 0.1) is 5.70 Å². The molecule has 0 bridgehead atoms. The fourth-order valence-electron chi connectivity index (χ4n) is 3.57. The predicted octanol–water partition coefficient (Wildman–Crippen LogP) is 3.73. The maximum atomic E-state index is 11.9.